The van der Waals surface area contributed by atoms with Gasteiger partial charge in [-0.25, -0.2) is 8.42 Å². The van der Waals surface area contributed by atoms with E-state index < -0.39 is 21.5 Å². The Balaban J connectivity index is 2.08. The topological polar surface area (TPSA) is 63.7 Å². The van der Waals surface area contributed by atoms with Crippen LogP contribution in [0, 0.1) is 30.1 Å². The second-order valence-corrected chi connectivity index (χ2v) is 11.0. The number of hydrogen-bond donors (Lipinski definition) is 0. The molecule has 1 unspecified atom stereocenters. The fraction of sp³-hybridized carbons (Fsp3) is 0.682. The molecular formula is C22H33NO4S. The molecule has 0 radical (unpaired) electrons. The van der Waals surface area contributed by atoms with E-state index in [1.807, 2.05) is 32.9 Å². The van der Waals surface area contributed by atoms with Gasteiger partial charge in [-0.15, -0.1) is 0 Å². The van der Waals surface area contributed by atoms with E-state index in [-0.39, 0.29) is 11.9 Å². The van der Waals surface area contributed by atoms with Gasteiger partial charge in [0, 0.05) is 12.6 Å². The van der Waals surface area contributed by atoms with Crippen LogP contribution in [0.1, 0.15) is 52.0 Å². The Bertz CT molecular complexity index is 815. The molecule has 0 N–H and O–H groups in total. The highest BCUT2D eigenvalue weighted by Crippen LogP contribution is 2.48. The number of piperidine rings is 1. The fourth-order valence-corrected chi connectivity index (χ4v) is 7.38. The summed E-state index contributed by atoms with van der Waals surface area (Å²) in [5.41, 5.74) is 0.0960. The molecular weight excluding hydrogens is 374 g/mol. The van der Waals surface area contributed by atoms with Gasteiger partial charge in [-0.3, -0.25) is 4.79 Å². The number of nitrogens with zero attached hydrogens (tertiary/aromatic N) is 1. The van der Waals surface area contributed by atoms with Crippen molar-refractivity contribution in [3.8, 4) is 0 Å². The van der Waals surface area contributed by atoms with Crippen LogP contribution in [-0.4, -0.2) is 38.4 Å². The minimum Gasteiger partial charge on any atom is -0.469 e. The Morgan fingerprint density at radius 2 is 1.75 bits per heavy atom. The fourth-order valence-electron chi connectivity index (χ4n) is 5.49. The number of sulfonamides is 1. The van der Waals surface area contributed by atoms with Gasteiger partial charge in [0.1, 0.15) is 0 Å². The number of benzene rings is 1. The van der Waals surface area contributed by atoms with Crippen LogP contribution in [0.15, 0.2) is 29.2 Å². The SMILES string of the molecule is COC(=O)C(C)(C)[C@@H]1C(C)[C@H]2CCCC[C@H]2CN1S(=O)(=O)c1ccc(C)cc1. The Labute approximate surface area is 169 Å². The number of rotatable bonds is 4. The monoisotopic (exact) mass is 407 g/mol. The summed E-state index contributed by atoms with van der Waals surface area (Å²) in [6.07, 6.45) is 4.50. The average Bonchev–Trinajstić information content (AvgIpc) is 2.67. The molecule has 1 saturated carbocycles. The van der Waals surface area contributed by atoms with E-state index in [1.165, 1.54) is 13.5 Å². The maximum Gasteiger partial charge on any atom is 0.312 e. The maximum absolute atomic E-state index is 13.7. The van der Waals surface area contributed by atoms with Crippen LogP contribution in [0.3, 0.4) is 0 Å². The lowest BCUT2D eigenvalue weighted by Crippen LogP contribution is -2.62. The van der Waals surface area contributed by atoms with Crippen molar-refractivity contribution < 1.29 is 17.9 Å². The van der Waals surface area contributed by atoms with Crippen LogP contribution in [0.4, 0.5) is 0 Å². The predicted octanol–water partition coefficient (Wildman–Crippen LogP) is 4.01. The zero-order valence-electron chi connectivity index (χ0n) is 17.6. The molecule has 1 aliphatic carbocycles. The smallest absolute Gasteiger partial charge is 0.312 e. The number of fused-ring (bicyclic) bond motifs is 1. The van der Waals surface area contributed by atoms with Crippen molar-refractivity contribution in [2.45, 2.75) is 64.3 Å². The number of aryl methyl sites for hydroxylation is 1. The first kappa shape index (κ1) is 21.3. The number of esters is 1. The first-order chi connectivity index (χ1) is 13.1. The molecule has 1 saturated heterocycles. The first-order valence-corrected chi connectivity index (χ1v) is 11.7. The molecule has 28 heavy (non-hydrogen) atoms. The Hall–Kier alpha value is -1.40. The molecule has 2 aliphatic rings. The Morgan fingerprint density at radius 1 is 1.14 bits per heavy atom. The molecule has 1 aromatic carbocycles. The molecule has 1 heterocycles. The van der Waals surface area contributed by atoms with Gasteiger partial charge in [0.05, 0.1) is 17.4 Å². The van der Waals surface area contributed by atoms with E-state index in [0.29, 0.717) is 23.3 Å². The molecule has 0 aromatic heterocycles. The predicted molar refractivity (Wildman–Crippen MR) is 109 cm³/mol. The molecule has 2 fully saturated rings. The molecule has 5 nitrogen and oxygen atoms in total. The largest absolute Gasteiger partial charge is 0.469 e. The minimum atomic E-state index is -3.71. The molecule has 0 bridgehead atoms. The summed E-state index contributed by atoms with van der Waals surface area (Å²) >= 11 is 0. The molecule has 1 aliphatic heterocycles. The van der Waals surface area contributed by atoms with Crippen molar-refractivity contribution in [2.75, 3.05) is 13.7 Å². The highest BCUT2D eigenvalue weighted by molar-refractivity contribution is 7.89. The van der Waals surface area contributed by atoms with Gasteiger partial charge in [-0.1, -0.05) is 37.5 Å². The highest BCUT2D eigenvalue weighted by atomic mass is 32.2. The lowest BCUT2D eigenvalue weighted by molar-refractivity contribution is -0.157. The molecule has 0 amide bonds. The van der Waals surface area contributed by atoms with Crippen LogP contribution in [0.25, 0.3) is 0 Å². The second-order valence-electron chi connectivity index (χ2n) is 9.11. The Kier molecular flexibility index (Phi) is 5.93. The third-order valence-electron chi connectivity index (χ3n) is 6.94. The third-order valence-corrected chi connectivity index (χ3v) is 8.81. The van der Waals surface area contributed by atoms with Crippen LogP contribution in [-0.2, 0) is 19.6 Å². The van der Waals surface area contributed by atoms with Gasteiger partial charge >= 0.3 is 5.97 Å². The van der Waals surface area contributed by atoms with Crippen molar-refractivity contribution in [1.82, 2.24) is 4.31 Å². The highest BCUT2D eigenvalue weighted by Gasteiger charge is 2.54. The van der Waals surface area contributed by atoms with Crippen molar-refractivity contribution in [1.29, 1.82) is 0 Å². The van der Waals surface area contributed by atoms with Crippen molar-refractivity contribution in [3.05, 3.63) is 29.8 Å². The van der Waals surface area contributed by atoms with E-state index in [9.17, 15) is 13.2 Å². The molecule has 1 aromatic rings. The summed E-state index contributed by atoms with van der Waals surface area (Å²) in [7, 11) is -2.34. The zero-order chi connectivity index (χ0) is 20.7. The average molecular weight is 408 g/mol. The summed E-state index contributed by atoms with van der Waals surface area (Å²) in [4.78, 5) is 12.9. The van der Waals surface area contributed by atoms with Gasteiger partial charge in [0.2, 0.25) is 10.0 Å². The zero-order valence-corrected chi connectivity index (χ0v) is 18.5. The molecule has 0 spiro atoms. The van der Waals surface area contributed by atoms with Crippen LogP contribution >= 0.6 is 0 Å². The second kappa shape index (κ2) is 7.79. The van der Waals surface area contributed by atoms with Gasteiger partial charge in [0.25, 0.3) is 0 Å². The Morgan fingerprint density at radius 3 is 2.36 bits per heavy atom. The first-order valence-electron chi connectivity index (χ1n) is 10.3. The van der Waals surface area contributed by atoms with Gasteiger partial charge < -0.3 is 4.74 Å². The van der Waals surface area contributed by atoms with Crippen molar-refractivity contribution in [3.63, 3.8) is 0 Å². The van der Waals surface area contributed by atoms with Crippen LogP contribution in [0.5, 0.6) is 0 Å². The van der Waals surface area contributed by atoms with Crippen molar-refractivity contribution >= 4 is 16.0 Å². The number of carbonyl (C=O) groups excluding carboxylic acids is 1. The van der Waals surface area contributed by atoms with Gasteiger partial charge in [0.15, 0.2) is 0 Å². The van der Waals surface area contributed by atoms with Gasteiger partial charge in [-0.05, 0) is 63.5 Å². The standard InChI is InChI=1S/C22H33NO4S/c1-15-10-12-18(13-11-15)28(25,26)23-14-17-8-6-7-9-19(17)16(2)20(23)22(3,4)21(24)27-5/h10-13,16-17,19-20H,6-9,14H2,1-5H3/t16?,17-,19+,20-/m0/s1. The quantitative estimate of drug-likeness (QED) is 0.708. The molecule has 3 rings (SSSR count). The van der Waals surface area contributed by atoms with E-state index in [2.05, 4.69) is 6.92 Å². The van der Waals surface area contributed by atoms with Gasteiger partial charge in [-0.2, -0.15) is 4.31 Å². The summed E-state index contributed by atoms with van der Waals surface area (Å²) in [6, 6.07) is 6.56. The number of methoxy groups -OCH3 is 1. The lowest BCUT2D eigenvalue weighted by Gasteiger charge is -2.53. The summed E-state index contributed by atoms with van der Waals surface area (Å²) in [5.74, 6) is 0.539. The number of carbonyl (C=O) groups is 1. The van der Waals surface area contributed by atoms with Crippen LogP contribution in [0.2, 0.25) is 0 Å². The third kappa shape index (κ3) is 3.61. The molecule has 6 heteroatoms. The van der Waals surface area contributed by atoms with Crippen LogP contribution < -0.4 is 0 Å². The normalized spacial score (nSPS) is 29.2. The van der Waals surface area contributed by atoms with E-state index in [4.69, 9.17) is 4.74 Å². The number of ether oxygens (including phenoxy) is 1. The van der Waals surface area contributed by atoms with Crippen molar-refractivity contribution in [2.24, 2.45) is 23.2 Å². The molecule has 156 valence electrons. The summed E-state index contributed by atoms with van der Waals surface area (Å²) in [6.45, 7) is 8.18. The summed E-state index contributed by atoms with van der Waals surface area (Å²) in [5, 5.41) is 0. The maximum atomic E-state index is 13.7. The van der Waals surface area contributed by atoms with E-state index >= 15 is 0 Å². The number of hydrogen-bond acceptors (Lipinski definition) is 4. The lowest BCUT2D eigenvalue weighted by atomic mass is 9.63. The molecule has 4 atom stereocenters. The minimum absolute atomic E-state index is 0.0911. The van der Waals surface area contributed by atoms with E-state index in [1.54, 1.807) is 16.4 Å². The summed E-state index contributed by atoms with van der Waals surface area (Å²) < 4.78 is 34.0. The van der Waals surface area contributed by atoms with E-state index in [0.717, 1.165) is 24.8 Å².